The Kier molecular flexibility index (Phi) is 3.40. The molecule has 0 aliphatic carbocycles. The molecule has 0 fully saturated rings. The second-order valence-electron chi connectivity index (χ2n) is 4.66. The van der Waals surface area contributed by atoms with Crippen LogP contribution in [0.3, 0.4) is 0 Å². The summed E-state index contributed by atoms with van der Waals surface area (Å²) in [6, 6.07) is 10.6. The van der Waals surface area contributed by atoms with E-state index in [-0.39, 0.29) is 5.82 Å². The number of halogens is 2. The van der Waals surface area contributed by atoms with Crippen molar-refractivity contribution in [3.8, 4) is 11.8 Å². The molecule has 0 amide bonds. The van der Waals surface area contributed by atoms with Gasteiger partial charge in [-0.2, -0.15) is 5.26 Å². The number of hydrogen-bond acceptors (Lipinski definition) is 2. The van der Waals surface area contributed by atoms with E-state index in [4.69, 9.17) is 17.5 Å². The highest BCUT2D eigenvalue weighted by molar-refractivity contribution is 9.10. The third-order valence-electron chi connectivity index (χ3n) is 3.30. The summed E-state index contributed by atoms with van der Waals surface area (Å²) in [6.45, 7) is 1.94. The van der Waals surface area contributed by atoms with Crippen LogP contribution in [0, 0.1) is 28.8 Å². The van der Waals surface area contributed by atoms with Gasteiger partial charge >= 0.3 is 0 Å². The van der Waals surface area contributed by atoms with E-state index in [0.29, 0.717) is 20.3 Å². The summed E-state index contributed by atoms with van der Waals surface area (Å²) < 4.78 is 16.3. The van der Waals surface area contributed by atoms with E-state index < -0.39 is 0 Å². The molecule has 0 aliphatic rings. The van der Waals surface area contributed by atoms with Crippen molar-refractivity contribution >= 4 is 39.2 Å². The van der Waals surface area contributed by atoms with Crippen LogP contribution in [-0.2, 0) is 0 Å². The fourth-order valence-corrected chi connectivity index (χ4v) is 2.90. The van der Waals surface area contributed by atoms with E-state index in [1.54, 1.807) is 18.2 Å². The molecule has 3 nitrogen and oxygen atoms in total. The van der Waals surface area contributed by atoms with Crippen molar-refractivity contribution in [2.24, 2.45) is 0 Å². The van der Waals surface area contributed by atoms with Crippen molar-refractivity contribution in [3.05, 3.63) is 56.5 Å². The van der Waals surface area contributed by atoms with Crippen LogP contribution in [-0.4, -0.2) is 9.55 Å². The van der Waals surface area contributed by atoms with Gasteiger partial charge in [-0.1, -0.05) is 6.07 Å². The quantitative estimate of drug-likeness (QED) is 0.634. The van der Waals surface area contributed by atoms with Crippen LogP contribution in [0.4, 0.5) is 4.39 Å². The van der Waals surface area contributed by atoms with Crippen molar-refractivity contribution in [2.75, 3.05) is 0 Å². The fourth-order valence-electron chi connectivity index (χ4n) is 2.26. The first-order valence-corrected chi connectivity index (χ1v) is 7.32. The third-order valence-corrected chi connectivity index (χ3v) is 4.20. The number of nitrogens with one attached hydrogen (secondary N) is 1. The standard InChI is InChI=1S/C15H9BrFN3S/c1-8-2-3-9(7-18)4-13(8)20-14-5-10(16)11(17)6-12(14)19-15(20)21/h2-6H,1H3,(H,19,21). The number of aryl methyl sites for hydroxylation is 1. The van der Waals surface area contributed by atoms with Crippen molar-refractivity contribution in [3.63, 3.8) is 0 Å². The minimum Gasteiger partial charge on any atom is -0.330 e. The van der Waals surface area contributed by atoms with Gasteiger partial charge in [0, 0.05) is 6.07 Å². The molecule has 0 aliphatic heterocycles. The minimum absolute atomic E-state index is 0.353. The molecule has 0 radical (unpaired) electrons. The fraction of sp³-hybridized carbons (Fsp3) is 0.0667. The maximum absolute atomic E-state index is 13.6. The molecule has 1 N–H and O–H groups in total. The number of aromatic nitrogens is 2. The molecule has 0 spiro atoms. The van der Waals surface area contributed by atoms with Crippen LogP contribution in [0.5, 0.6) is 0 Å². The lowest BCUT2D eigenvalue weighted by Crippen LogP contribution is -1.98. The molecule has 21 heavy (non-hydrogen) atoms. The zero-order valence-electron chi connectivity index (χ0n) is 10.9. The van der Waals surface area contributed by atoms with E-state index in [0.717, 1.165) is 16.8 Å². The predicted molar refractivity (Wildman–Crippen MR) is 85.6 cm³/mol. The number of nitriles is 1. The van der Waals surface area contributed by atoms with E-state index in [1.165, 1.54) is 6.07 Å². The van der Waals surface area contributed by atoms with Crippen LogP contribution in [0.2, 0.25) is 0 Å². The van der Waals surface area contributed by atoms with Crippen LogP contribution < -0.4 is 0 Å². The molecule has 3 aromatic rings. The Balaban J connectivity index is 2.41. The maximum Gasteiger partial charge on any atom is 0.182 e. The van der Waals surface area contributed by atoms with Crippen molar-refractivity contribution in [2.45, 2.75) is 6.92 Å². The van der Waals surface area contributed by atoms with Gasteiger partial charge in [-0.25, -0.2) is 4.39 Å². The van der Waals surface area contributed by atoms with Crippen LogP contribution in [0.25, 0.3) is 16.7 Å². The molecule has 0 unspecified atom stereocenters. The molecule has 3 rings (SSSR count). The summed E-state index contributed by atoms with van der Waals surface area (Å²) in [5, 5.41) is 9.06. The molecule has 1 heterocycles. The lowest BCUT2D eigenvalue weighted by Gasteiger charge is -2.09. The summed E-state index contributed by atoms with van der Waals surface area (Å²) in [7, 11) is 0. The molecule has 104 valence electrons. The number of H-pyrrole nitrogens is 1. The van der Waals surface area contributed by atoms with Gasteiger partial charge in [-0.3, -0.25) is 4.57 Å². The highest BCUT2D eigenvalue weighted by Crippen LogP contribution is 2.27. The van der Waals surface area contributed by atoms with Gasteiger partial charge in [0.1, 0.15) is 5.82 Å². The first kappa shape index (κ1) is 14.0. The van der Waals surface area contributed by atoms with Gasteiger partial charge < -0.3 is 4.98 Å². The van der Waals surface area contributed by atoms with Crippen LogP contribution >= 0.6 is 28.1 Å². The van der Waals surface area contributed by atoms with Gasteiger partial charge in [0.2, 0.25) is 0 Å². The number of hydrogen-bond donors (Lipinski definition) is 1. The predicted octanol–water partition coefficient (Wildman–Crippen LogP) is 4.77. The smallest absolute Gasteiger partial charge is 0.182 e. The highest BCUT2D eigenvalue weighted by atomic mass is 79.9. The van der Waals surface area contributed by atoms with Gasteiger partial charge in [-0.15, -0.1) is 0 Å². The molecular formula is C15H9BrFN3S. The average Bonchev–Trinajstić information content (AvgIpc) is 2.75. The van der Waals surface area contributed by atoms with E-state index in [9.17, 15) is 4.39 Å². The summed E-state index contributed by atoms with van der Waals surface area (Å²) >= 11 is 8.54. The molecule has 2 aromatic carbocycles. The molecule has 1 aromatic heterocycles. The van der Waals surface area contributed by atoms with Crippen molar-refractivity contribution in [1.82, 2.24) is 9.55 Å². The zero-order chi connectivity index (χ0) is 15.1. The van der Waals surface area contributed by atoms with Gasteiger partial charge in [-0.05, 0) is 58.8 Å². The number of aromatic amines is 1. The Morgan fingerprint density at radius 2 is 2.10 bits per heavy atom. The van der Waals surface area contributed by atoms with E-state index >= 15 is 0 Å². The number of nitrogens with zero attached hydrogens (tertiary/aromatic N) is 2. The first-order chi connectivity index (χ1) is 10.0. The van der Waals surface area contributed by atoms with E-state index in [1.807, 2.05) is 17.6 Å². The molecule has 0 saturated heterocycles. The summed E-state index contributed by atoms with van der Waals surface area (Å²) in [6.07, 6.45) is 0. The number of benzene rings is 2. The van der Waals surface area contributed by atoms with Gasteiger partial charge in [0.25, 0.3) is 0 Å². The first-order valence-electron chi connectivity index (χ1n) is 6.12. The monoisotopic (exact) mass is 361 g/mol. The summed E-state index contributed by atoms with van der Waals surface area (Å²) in [4.78, 5) is 2.99. The Labute approximate surface area is 133 Å². The zero-order valence-corrected chi connectivity index (χ0v) is 13.3. The number of rotatable bonds is 1. The largest absolute Gasteiger partial charge is 0.330 e. The summed E-state index contributed by atoms with van der Waals surface area (Å²) in [5.41, 5.74) is 3.71. The van der Waals surface area contributed by atoms with Crippen LogP contribution in [0.15, 0.2) is 34.8 Å². The Hall–Kier alpha value is -1.97. The number of fused-ring (bicyclic) bond motifs is 1. The Morgan fingerprint density at radius 3 is 2.81 bits per heavy atom. The second-order valence-corrected chi connectivity index (χ2v) is 5.90. The lowest BCUT2D eigenvalue weighted by atomic mass is 10.1. The van der Waals surface area contributed by atoms with Gasteiger partial charge in [0.15, 0.2) is 4.77 Å². The lowest BCUT2D eigenvalue weighted by molar-refractivity contribution is 0.623. The van der Waals surface area contributed by atoms with Crippen LogP contribution in [0.1, 0.15) is 11.1 Å². The Morgan fingerprint density at radius 1 is 1.33 bits per heavy atom. The Bertz CT molecular complexity index is 965. The second kappa shape index (κ2) is 5.10. The minimum atomic E-state index is -0.353. The highest BCUT2D eigenvalue weighted by Gasteiger charge is 2.12. The normalized spacial score (nSPS) is 10.8. The molecule has 6 heteroatoms. The number of imidazole rings is 1. The van der Waals surface area contributed by atoms with Crippen molar-refractivity contribution < 1.29 is 4.39 Å². The molecule has 0 bridgehead atoms. The average molecular weight is 362 g/mol. The maximum atomic E-state index is 13.6. The summed E-state index contributed by atoms with van der Waals surface area (Å²) in [5.74, 6) is -0.353. The molecule has 0 saturated carbocycles. The third kappa shape index (κ3) is 2.28. The topological polar surface area (TPSA) is 44.5 Å². The van der Waals surface area contributed by atoms with Crippen molar-refractivity contribution in [1.29, 1.82) is 5.26 Å². The SMILES string of the molecule is Cc1ccc(C#N)cc1-n1c(=S)[nH]c2cc(F)c(Br)cc21. The molecule has 0 atom stereocenters. The van der Waals surface area contributed by atoms with Gasteiger partial charge in [0.05, 0.1) is 32.8 Å². The molecular weight excluding hydrogens is 353 g/mol. The van der Waals surface area contributed by atoms with E-state index in [2.05, 4.69) is 27.0 Å².